The average Bonchev–Trinajstić information content (AvgIpc) is 1.68. The van der Waals surface area contributed by atoms with Gasteiger partial charge in [-0.05, 0) is 0 Å². The van der Waals surface area contributed by atoms with Crippen LogP contribution < -0.4 is 0 Å². The molecular weight excluding hydrogens is 212 g/mol. The summed E-state index contributed by atoms with van der Waals surface area (Å²) in [5.41, 5.74) is 2.25. The van der Waals surface area contributed by atoms with E-state index in [-0.39, 0.29) is 0 Å². The van der Waals surface area contributed by atoms with Crippen molar-refractivity contribution in [1.82, 2.24) is 0 Å². The van der Waals surface area contributed by atoms with Crippen LogP contribution in [-0.2, 0) is 26.7 Å². The molecule has 1 N–H and O–H groups in total. The van der Waals surface area contributed by atoms with E-state index in [2.05, 4.69) is 35.2 Å². The van der Waals surface area contributed by atoms with E-state index in [1.165, 1.54) is 0 Å². The Labute approximate surface area is 67.8 Å². The maximum atomic E-state index is 8.52. The maximum absolute atomic E-state index is 8.52. The summed E-state index contributed by atoms with van der Waals surface area (Å²) in [6, 6.07) is 0. The minimum atomic E-state index is -5.17. The van der Waals surface area contributed by atoms with Crippen LogP contribution in [0.5, 0.6) is 0 Å². The molecule has 5 nitrogen and oxygen atoms in total. The molecule has 0 aliphatic rings. The van der Waals surface area contributed by atoms with Crippen molar-refractivity contribution in [2.24, 2.45) is 0 Å². The Bertz CT molecular complexity index is 157. The van der Waals surface area contributed by atoms with Crippen LogP contribution in [0.1, 0.15) is 0 Å². The molecule has 0 fully saturated rings. The molecule has 0 radical (unpaired) electrons. The van der Waals surface area contributed by atoms with Gasteiger partial charge in [-0.15, -0.1) is 5.73 Å². The molecule has 7 heteroatoms. The zero-order chi connectivity index (χ0) is 9.21. The molecule has 0 bridgehead atoms. The molecule has 0 saturated carbocycles. The Hall–Kier alpha value is -0.131. The van der Waals surface area contributed by atoms with Gasteiger partial charge in [-0.3, -0.25) is 8.42 Å². The third-order valence-corrected chi connectivity index (χ3v) is 0. The van der Waals surface area contributed by atoms with Crippen LogP contribution in [0.15, 0.2) is 18.9 Å². The summed E-state index contributed by atoms with van der Waals surface area (Å²) >= 11 is 3.19. The van der Waals surface area contributed by atoms with Gasteiger partial charge in [0.1, 0.15) is 0 Å². The molecule has 0 spiro atoms. The molecule has 0 unspecified atom stereocenters. The molecule has 0 aliphatic heterocycles. The van der Waals surface area contributed by atoms with Gasteiger partial charge < -0.3 is 9.11 Å². The van der Waals surface area contributed by atoms with Gasteiger partial charge in [0.2, 0.25) is 0 Å². The van der Waals surface area contributed by atoms with E-state index < -0.39 is 10.4 Å². The van der Waals surface area contributed by atoms with E-state index in [4.69, 9.17) is 21.7 Å². The average molecular weight is 217 g/mol. The SMILES string of the molecule is C=C=C.O=S(=O)([O-])[O-].[OH][Cu+2]. The quantitative estimate of drug-likeness (QED) is 0.244. The van der Waals surface area contributed by atoms with Crippen molar-refractivity contribution in [2.45, 2.75) is 0 Å². The predicted molar refractivity (Wildman–Crippen MR) is 27.5 cm³/mol. The summed E-state index contributed by atoms with van der Waals surface area (Å²) < 4.78 is 40.6. The second kappa shape index (κ2) is 11.6. The van der Waals surface area contributed by atoms with Gasteiger partial charge in [-0.2, -0.15) is 0 Å². The molecule has 0 aliphatic carbocycles. The first-order valence-corrected chi connectivity index (χ1v) is 3.26. The number of hydrogen-bond acceptors (Lipinski definition) is 5. The van der Waals surface area contributed by atoms with Crippen molar-refractivity contribution in [3.63, 3.8) is 0 Å². The summed E-state index contributed by atoms with van der Waals surface area (Å²) in [4.78, 5) is 0. The van der Waals surface area contributed by atoms with Crippen LogP contribution in [-0.4, -0.2) is 21.7 Å². The summed E-state index contributed by atoms with van der Waals surface area (Å²) in [6.07, 6.45) is 0. The zero-order valence-electron chi connectivity index (χ0n) is 4.70. The van der Waals surface area contributed by atoms with Gasteiger partial charge in [-0.25, -0.2) is 0 Å². The Morgan fingerprint density at radius 2 is 1.30 bits per heavy atom. The van der Waals surface area contributed by atoms with Crippen LogP contribution in [0, 0.1) is 0 Å². The first-order valence-electron chi connectivity index (χ1n) is 1.51. The van der Waals surface area contributed by atoms with E-state index in [9.17, 15) is 0 Å². The minimum absolute atomic E-state index is 2.25. The monoisotopic (exact) mass is 216 g/mol. The van der Waals surface area contributed by atoms with E-state index in [1.807, 2.05) is 0 Å². The first-order chi connectivity index (χ1) is 4.41. The molecular formula is C3H5CuO5S. The van der Waals surface area contributed by atoms with Crippen LogP contribution in [0.3, 0.4) is 0 Å². The molecule has 0 aromatic carbocycles. The van der Waals surface area contributed by atoms with Crippen LogP contribution in [0.25, 0.3) is 0 Å². The summed E-state index contributed by atoms with van der Waals surface area (Å²) in [6.45, 7) is 6.25. The molecule has 64 valence electrons. The van der Waals surface area contributed by atoms with E-state index in [1.54, 1.807) is 0 Å². The molecule has 0 saturated heterocycles. The van der Waals surface area contributed by atoms with Gasteiger partial charge in [0.15, 0.2) is 0 Å². The van der Waals surface area contributed by atoms with Crippen LogP contribution in [0.2, 0.25) is 0 Å². The van der Waals surface area contributed by atoms with Crippen LogP contribution in [0.4, 0.5) is 0 Å². The molecule has 0 aromatic rings. The topological polar surface area (TPSA) is 100 Å². The van der Waals surface area contributed by atoms with Crippen molar-refractivity contribution in [1.29, 1.82) is 0 Å². The second-order valence-corrected chi connectivity index (χ2v) is 1.47. The molecule has 0 atom stereocenters. The molecule has 0 rings (SSSR count). The molecule has 0 heterocycles. The fourth-order valence-electron chi connectivity index (χ4n) is 0. The van der Waals surface area contributed by atoms with Gasteiger partial charge in [0.25, 0.3) is 0 Å². The normalized spacial score (nSPS) is 7.30. The van der Waals surface area contributed by atoms with Crippen molar-refractivity contribution < 1.29 is 38.1 Å². The standard InChI is InChI=1S/C3H4.Cu.H2O4S.H2O/c1-3-2;;1-5(2,3)4;/h1-2H2;;(H2,1,2,3,4);1H2/q;+3;;/p-3. The molecule has 10 heavy (non-hydrogen) atoms. The third-order valence-electron chi connectivity index (χ3n) is 0. The zero-order valence-corrected chi connectivity index (χ0v) is 6.46. The fourth-order valence-corrected chi connectivity index (χ4v) is 0. The predicted octanol–water partition coefficient (Wildman–Crippen LogP) is -0.940. The number of rotatable bonds is 0. The van der Waals surface area contributed by atoms with Gasteiger partial charge in [-0.1, -0.05) is 13.2 Å². The third kappa shape index (κ3) is 21800. The van der Waals surface area contributed by atoms with Crippen molar-refractivity contribution in [3.8, 4) is 0 Å². The number of hydrogen-bond donors (Lipinski definition) is 1. The van der Waals surface area contributed by atoms with E-state index in [0.29, 0.717) is 0 Å². The Balaban J connectivity index is -0.0000000847. The Morgan fingerprint density at radius 3 is 1.30 bits per heavy atom. The van der Waals surface area contributed by atoms with Crippen molar-refractivity contribution in [3.05, 3.63) is 18.9 Å². The Morgan fingerprint density at radius 1 is 1.30 bits per heavy atom. The fraction of sp³-hybridized carbons (Fsp3) is 0. The van der Waals surface area contributed by atoms with Crippen molar-refractivity contribution in [2.75, 3.05) is 0 Å². The Kier molecular flexibility index (Phi) is 19.2. The van der Waals surface area contributed by atoms with Crippen molar-refractivity contribution >= 4 is 10.4 Å². The summed E-state index contributed by atoms with van der Waals surface area (Å²) in [5, 5.41) is 0. The van der Waals surface area contributed by atoms with E-state index in [0.717, 1.165) is 0 Å². The second-order valence-electron chi connectivity index (χ2n) is 0.658. The van der Waals surface area contributed by atoms with E-state index >= 15 is 0 Å². The molecule has 0 aromatic heterocycles. The van der Waals surface area contributed by atoms with Gasteiger partial charge in [0.05, 0.1) is 0 Å². The van der Waals surface area contributed by atoms with Gasteiger partial charge >= 0.3 is 20.5 Å². The van der Waals surface area contributed by atoms with Crippen LogP contribution >= 0.6 is 0 Å². The first kappa shape index (κ1) is 16.5. The summed E-state index contributed by atoms with van der Waals surface area (Å²) in [5.74, 6) is 0. The molecule has 0 amide bonds. The summed E-state index contributed by atoms with van der Waals surface area (Å²) in [7, 11) is -5.17. The van der Waals surface area contributed by atoms with Gasteiger partial charge in [0, 0.05) is 10.4 Å².